The van der Waals surface area contributed by atoms with Crippen LogP contribution >= 0.6 is 11.6 Å². The smallest absolute Gasteiger partial charge is 0.124 e. The summed E-state index contributed by atoms with van der Waals surface area (Å²) in [5.74, 6) is 0.789. The lowest BCUT2D eigenvalue weighted by atomic mass is 10.1. The monoisotopic (exact) mass is 295 g/mol. The van der Waals surface area contributed by atoms with Gasteiger partial charge in [-0.05, 0) is 25.1 Å². The second-order valence-corrected chi connectivity index (χ2v) is 4.90. The van der Waals surface area contributed by atoms with Crippen LogP contribution < -0.4 is 10.1 Å². The van der Waals surface area contributed by atoms with Gasteiger partial charge in [0.15, 0.2) is 0 Å². The van der Waals surface area contributed by atoms with Crippen molar-refractivity contribution in [2.45, 2.75) is 19.5 Å². The van der Waals surface area contributed by atoms with Gasteiger partial charge in [-0.3, -0.25) is 4.68 Å². The van der Waals surface area contributed by atoms with Crippen LogP contribution in [0.1, 0.15) is 18.5 Å². The highest BCUT2D eigenvalue weighted by Crippen LogP contribution is 2.30. The molecule has 1 atom stereocenters. The molecular formula is C14H18ClN3O2. The fourth-order valence-corrected chi connectivity index (χ4v) is 2.21. The van der Waals surface area contributed by atoms with Gasteiger partial charge in [-0.1, -0.05) is 11.6 Å². The maximum Gasteiger partial charge on any atom is 0.124 e. The summed E-state index contributed by atoms with van der Waals surface area (Å²) in [6.45, 7) is 2.58. The van der Waals surface area contributed by atoms with Crippen molar-refractivity contribution in [3.63, 3.8) is 0 Å². The van der Waals surface area contributed by atoms with Crippen molar-refractivity contribution >= 4 is 17.3 Å². The molecule has 0 radical (unpaired) electrons. The summed E-state index contributed by atoms with van der Waals surface area (Å²) in [7, 11) is 1.64. The van der Waals surface area contributed by atoms with E-state index in [0.717, 1.165) is 17.0 Å². The summed E-state index contributed by atoms with van der Waals surface area (Å²) in [4.78, 5) is 0. The molecule has 5 nitrogen and oxygen atoms in total. The predicted molar refractivity (Wildman–Crippen MR) is 79.4 cm³/mol. The normalized spacial score (nSPS) is 12.2. The standard InChI is InChI=1S/C14H18ClN3O2/c1-10(13-7-11(15)3-4-14(13)20-2)17-12-8-16-18(9-12)5-6-19/h3-4,7-10,17,19H,5-6H2,1-2H3. The Balaban J connectivity index is 2.14. The van der Waals surface area contributed by atoms with E-state index in [1.807, 2.05) is 25.3 Å². The Morgan fingerprint density at radius 2 is 2.30 bits per heavy atom. The Hall–Kier alpha value is -1.72. The van der Waals surface area contributed by atoms with E-state index >= 15 is 0 Å². The molecule has 0 fully saturated rings. The Morgan fingerprint density at radius 3 is 3.00 bits per heavy atom. The molecule has 1 aromatic heterocycles. The van der Waals surface area contributed by atoms with E-state index in [2.05, 4.69) is 10.4 Å². The van der Waals surface area contributed by atoms with E-state index < -0.39 is 0 Å². The van der Waals surface area contributed by atoms with E-state index in [-0.39, 0.29) is 12.6 Å². The molecule has 6 heteroatoms. The predicted octanol–water partition coefficient (Wildman–Crippen LogP) is 2.71. The van der Waals surface area contributed by atoms with Crippen LogP contribution in [0.2, 0.25) is 5.02 Å². The van der Waals surface area contributed by atoms with E-state index in [1.165, 1.54) is 0 Å². The first-order valence-electron chi connectivity index (χ1n) is 6.37. The molecule has 0 bridgehead atoms. The summed E-state index contributed by atoms with van der Waals surface area (Å²) in [6, 6.07) is 5.56. The van der Waals surface area contributed by atoms with Crippen LogP contribution in [0.15, 0.2) is 30.6 Å². The van der Waals surface area contributed by atoms with Gasteiger partial charge in [-0.15, -0.1) is 0 Å². The van der Waals surface area contributed by atoms with Crippen molar-refractivity contribution in [1.29, 1.82) is 0 Å². The topological polar surface area (TPSA) is 59.3 Å². The van der Waals surface area contributed by atoms with Crippen LogP contribution in [0, 0.1) is 0 Å². The molecule has 0 saturated carbocycles. The minimum absolute atomic E-state index is 0.0235. The first-order chi connectivity index (χ1) is 9.63. The zero-order valence-corrected chi connectivity index (χ0v) is 12.3. The number of benzene rings is 1. The molecule has 0 aliphatic carbocycles. The Bertz CT molecular complexity index is 571. The highest BCUT2D eigenvalue weighted by Gasteiger charge is 2.12. The van der Waals surface area contributed by atoms with Crippen LogP contribution in [-0.2, 0) is 6.54 Å². The van der Waals surface area contributed by atoms with Gasteiger partial charge >= 0.3 is 0 Å². The lowest BCUT2D eigenvalue weighted by Gasteiger charge is -2.17. The number of aromatic nitrogens is 2. The molecule has 0 aliphatic heterocycles. The average Bonchev–Trinajstić information content (AvgIpc) is 2.86. The zero-order valence-electron chi connectivity index (χ0n) is 11.5. The number of anilines is 1. The Labute approximate surface area is 123 Å². The molecule has 2 aromatic rings. The third kappa shape index (κ3) is 3.43. The highest BCUT2D eigenvalue weighted by atomic mass is 35.5. The number of hydrogen-bond acceptors (Lipinski definition) is 4. The van der Waals surface area contributed by atoms with Gasteiger partial charge in [0.1, 0.15) is 5.75 Å². The second-order valence-electron chi connectivity index (χ2n) is 4.47. The van der Waals surface area contributed by atoms with E-state index in [1.54, 1.807) is 24.1 Å². The molecule has 0 aliphatic rings. The van der Waals surface area contributed by atoms with Crippen molar-refractivity contribution in [3.8, 4) is 5.75 Å². The fraction of sp³-hybridized carbons (Fsp3) is 0.357. The molecule has 2 rings (SSSR count). The number of rotatable bonds is 6. The van der Waals surface area contributed by atoms with Gasteiger partial charge in [0.2, 0.25) is 0 Å². The number of ether oxygens (including phenoxy) is 1. The number of nitrogens with one attached hydrogen (secondary N) is 1. The molecule has 1 heterocycles. The van der Waals surface area contributed by atoms with E-state index in [0.29, 0.717) is 11.6 Å². The number of methoxy groups -OCH3 is 1. The van der Waals surface area contributed by atoms with Crippen molar-refractivity contribution in [1.82, 2.24) is 9.78 Å². The minimum atomic E-state index is 0.0235. The van der Waals surface area contributed by atoms with Gasteiger partial charge in [-0.2, -0.15) is 5.10 Å². The van der Waals surface area contributed by atoms with Crippen LogP contribution in [-0.4, -0.2) is 28.6 Å². The first-order valence-corrected chi connectivity index (χ1v) is 6.75. The molecule has 108 valence electrons. The lowest BCUT2D eigenvalue weighted by Crippen LogP contribution is -2.08. The summed E-state index contributed by atoms with van der Waals surface area (Å²) in [6.07, 6.45) is 3.58. The Kier molecular flexibility index (Phi) is 4.87. The summed E-state index contributed by atoms with van der Waals surface area (Å²) in [5.41, 5.74) is 1.86. The second kappa shape index (κ2) is 6.63. The number of aliphatic hydroxyl groups excluding tert-OH is 1. The summed E-state index contributed by atoms with van der Waals surface area (Å²) < 4.78 is 7.04. The average molecular weight is 296 g/mol. The minimum Gasteiger partial charge on any atom is -0.496 e. The van der Waals surface area contributed by atoms with Crippen LogP contribution in [0.3, 0.4) is 0 Å². The number of aliphatic hydroxyl groups is 1. The molecule has 2 N–H and O–H groups in total. The number of halogens is 1. The Morgan fingerprint density at radius 1 is 1.50 bits per heavy atom. The molecular weight excluding hydrogens is 278 g/mol. The molecule has 20 heavy (non-hydrogen) atoms. The van der Waals surface area contributed by atoms with Crippen LogP contribution in [0.4, 0.5) is 5.69 Å². The molecule has 0 amide bonds. The summed E-state index contributed by atoms with van der Waals surface area (Å²) in [5, 5.41) is 17.0. The van der Waals surface area contributed by atoms with Gasteiger partial charge in [0.25, 0.3) is 0 Å². The number of hydrogen-bond donors (Lipinski definition) is 2. The zero-order chi connectivity index (χ0) is 14.5. The third-order valence-electron chi connectivity index (χ3n) is 3.00. The molecule has 1 unspecified atom stereocenters. The van der Waals surface area contributed by atoms with Crippen molar-refractivity contribution in [2.24, 2.45) is 0 Å². The molecule has 1 aromatic carbocycles. The quantitative estimate of drug-likeness (QED) is 0.860. The maximum absolute atomic E-state index is 8.88. The SMILES string of the molecule is COc1ccc(Cl)cc1C(C)Nc1cnn(CCO)c1. The molecule has 0 saturated heterocycles. The maximum atomic E-state index is 8.88. The van der Waals surface area contributed by atoms with Crippen molar-refractivity contribution < 1.29 is 9.84 Å². The van der Waals surface area contributed by atoms with Crippen LogP contribution in [0.25, 0.3) is 0 Å². The van der Waals surface area contributed by atoms with Crippen molar-refractivity contribution in [3.05, 3.63) is 41.2 Å². The van der Waals surface area contributed by atoms with E-state index in [9.17, 15) is 0 Å². The lowest BCUT2D eigenvalue weighted by molar-refractivity contribution is 0.269. The summed E-state index contributed by atoms with van der Waals surface area (Å²) >= 11 is 6.04. The van der Waals surface area contributed by atoms with E-state index in [4.69, 9.17) is 21.4 Å². The van der Waals surface area contributed by atoms with Crippen LogP contribution in [0.5, 0.6) is 5.75 Å². The largest absolute Gasteiger partial charge is 0.496 e. The van der Waals surface area contributed by atoms with Gasteiger partial charge in [-0.25, -0.2) is 0 Å². The highest BCUT2D eigenvalue weighted by molar-refractivity contribution is 6.30. The van der Waals surface area contributed by atoms with Crippen molar-refractivity contribution in [2.75, 3.05) is 19.0 Å². The fourth-order valence-electron chi connectivity index (χ4n) is 2.03. The van der Waals surface area contributed by atoms with Gasteiger partial charge in [0, 0.05) is 16.8 Å². The first kappa shape index (κ1) is 14.7. The molecule has 0 spiro atoms. The third-order valence-corrected chi connectivity index (χ3v) is 3.24. The van der Waals surface area contributed by atoms with Gasteiger partial charge < -0.3 is 15.2 Å². The number of nitrogens with zero attached hydrogens (tertiary/aromatic N) is 2. The van der Waals surface area contributed by atoms with Gasteiger partial charge in [0.05, 0.1) is 38.2 Å².